The van der Waals surface area contributed by atoms with E-state index in [1.54, 1.807) is 11.3 Å². The standard InChI is InChI=1S/C17H22N2OS/c1-12-7-13(2)9-15(8-12)18-17-19(14(3)11-21-17)10-16-5-4-6-20-16/h7-9,11,16H,4-6,10H2,1-3H3. The van der Waals surface area contributed by atoms with Gasteiger partial charge in [0.15, 0.2) is 4.80 Å². The Balaban J connectivity index is 1.95. The van der Waals surface area contributed by atoms with Crippen molar-refractivity contribution in [2.45, 2.75) is 46.3 Å². The van der Waals surface area contributed by atoms with Gasteiger partial charge in [-0.1, -0.05) is 6.07 Å². The fourth-order valence-electron chi connectivity index (χ4n) is 2.84. The van der Waals surface area contributed by atoms with Crippen LogP contribution in [0.4, 0.5) is 5.69 Å². The van der Waals surface area contributed by atoms with Crippen LogP contribution in [-0.2, 0) is 11.3 Å². The molecule has 0 radical (unpaired) electrons. The summed E-state index contributed by atoms with van der Waals surface area (Å²) >= 11 is 1.71. The Morgan fingerprint density at radius 2 is 2.00 bits per heavy atom. The zero-order valence-corrected chi connectivity index (χ0v) is 13.7. The molecule has 3 rings (SSSR count). The minimum Gasteiger partial charge on any atom is -0.376 e. The Bertz CT molecular complexity index is 673. The summed E-state index contributed by atoms with van der Waals surface area (Å²) in [4.78, 5) is 5.91. The lowest BCUT2D eigenvalue weighted by Crippen LogP contribution is -2.24. The third-order valence-corrected chi connectivity index (χ3v) is 4.81. The van der Waals surface area contributed by atoms with Gasteiger partial charge in [0, 0.05) is 17.7 Å². The van der Waals surface area contributed by atoms with Gasteiger partial charge in [-0.15, -0.1) is 11.3 Å². The van der Waals surface area contributed by atoms with Crippen molar-refractivity contribution in [1.82, 2.24) is 4.57 Å². The molecule has 0 N–H and O–H groups in total. The van der Waals surface area contributed by atoms with Crippen molar-refractivity contribution in [1.29, 1.82) is 0 Å². The minimum absolute atomic E-state index is 0.344. The van der Waals surface area contributed by atoms with E-state index >= 15 is 0 Å². The van der Waals surface area contributed by atoms with Gasteiger partial charge >= 0.3 is 0 Å². The van der Waals surface area contributed by atoms with Gasteiger partial charge in [-0.05, 0) is 56.9 Å². The van der Waals surface area contributed by atoms with E-state index in [9.17, 15) is 0 Å². The molecule has 1 aromatic carbocycles. The van der Waals surface area contributed by atoms with E-state index in [1.165, 1.54) is 23.2 Å². The lowest BCUT2D eigenvalue weighted by Gasteiger charge is -2.12. The van der Waals surface area contributed by atoms with Gasteiger partial charge in [-0.25, -0.2) is 4.99 Å². The summed E-state index contributed by atoms with van der Waals surface area (Å²) in [7, 11) is 0. The highest BCUT2D eigenvalue weighted by atomic mass is 32.1. The van der Waals surface area contributed by atoms with Crippen LogP contribution in [0, 0.1) is 20.8 Å². The first-order valence-electron chi connectivity index (χ1n) is 7.51. The van der Waals surface area contributed by atoms with Gasteiger partial charge in [0.25, 0.3) is 0 Å². The molecule has 0 saturated carbocycles. The normalized spacial score (nSPS) is 19.4. The van der Waals surface area contributed by atoms with Crippen molar-refractivity contribution >= 4 is 17.0 Å². The van der Waals surface area contributed by atoms with E-state index < -0.39 is 0 Å². The first kappa shape index (κ1) is 14.5. The number of ether oxygens (including phenoxy) is 1. The molecule has 0 aliphatic carbocycles. The Morgan fingerprint density at radius 3 is 2.67 bits per heavy atom. The molecule has 21 heavy (non-hydrogen) atoms. The molecule has 112 valence electrons. The zero-order valence-electron chi connectivity index (χ0n) is 12.9. The second-order valence-corrected chi connectivity index (χ2v) is 6.70. The zero-order chi connectivity index (χ0) is 14.8. The first-order chi connectivity index (χ1) is 10.1. The second-order valence-electron chi connectivity index (χ2n) is 5.86. The molecular weight excluding hydrogens is 280 g/mol. The molecule has 4 heteroatoms. The molecule has 0 amide bonds. The molecule has 2 aromatic rings. The summed E-state index contributed by atoms with van der Waals surface area (Å²) in [6.45, 7) is 8.20. The first-order valence-corrected chi connectivity index (χ1v) is 8.39. The van der Waals surface area contributed by atoms with Crippen molar-refractivity contribution in [2.24, 2.45) is 4.99 Å². The number of rotatable bonds is 3. The van der Waals surface area contributed by atoms with Crippen LogP contribution < -0.4 is 4.80 Å². The van der Waals surface area contributed by atoms with Gasteiger partial charge in [0.1, 0.15) is 0 Å². The third kappa shape index (κ3) is 3.44. The molecule has 1 aliphatic heterocycles. The van der Waals surface area contributed by atoms with Gasteiger partial charge in [0.05, 0.1) is 18.3 Å². The summed E-state index contributed by atoms with van der Waals surface area (Å²) in [6.07, 6.45) is 2.68. The van der Waals surface area contributed by atoms with Crippen LogP contribution in [0.15, 0.2) is 28.6 Å². The van der Waals surface area contributed by atoms with E-state index in [1.807, 2.05) is 0 Å². The summed E-state index contributed by atoms with van der Waals surface area (Å²) < 4.78 is 8.06. The monoisotopic (exact) mass is 302 g/mol. The molecule has 1 unspecified atom stereocenters. The van der Waals surface area contributed by atoms with E-state index in [0.717, 1.165) is 30.1 Å². The maximum atomic E-state index is 5.77. The number of nitrogens with zero attached hydrogens (tertiary/aromatic N) is 2. The van der Waals surface area contributed by atoms with E-state index in [2.05, 4.69) is 48.9 Å². The highest BCUT2D eigenvalue weighted by Crippen LogP contribution is 2.18. The molecule has 1 aliphatic rings. The molecule has 1 aromatic heterocycles. The van der Waals surface area contributed by atoms with Crippen LogP contribution in [0.5, 0.6) is 0 Å². The van der Waals surface area contributed by atoms with Crippen molar-refractivity contribution in [3.8, 4) is 0 Å². The molecule has 0 bridgehead atoms. The van der Waals surface area contributed by atoms with Gasteiger partial charge in [0.2, 0.25) is 0 Å². The Hall–Kier alpha value is -1.39. The second kappa shape index (κ2) is 6.16. The van der Waals surface area contributed by atoms with Crippen molar-refractivity contribution in [2.75, 3.05) is 6.61 Å². The van der Waals surface area contributed by atoms with E-state index in [4.69, 9.17) is 9.73 Å². The average Bonchev–Trinajstić information content (AvgIpc) is 3.03. The van der Waals surface area contributed by atoms with Crippen LogP contribution in [0.3, 0.4) is 0 Å². The molecular formula is C17H22N2OS. The van der Waals surface area contributed by atoms with E-state index in [0.29, 0.717) is 6.10 Å². The number of aryl methyl sites for hydroxylation is 3. The molecule has 1 fully saturated rings. The minimum atomic E-state index is 0.344. The molecule has 1 saturated heterocycles. The maximum absolute atomic E-state index is 5.77. The van der Waals surface area contributed by atoms with Crippen LogP contribution in [0.2, 0.25) is 0 Å². The topological polar surface area (TPSA) is 26.5 Å². The quantitative estimate of drug-likeness (QED) is 0.845. The Kier molecular flexibility index (Phi) is 4.27. The fourth-order valence-corrected chi connectivity index (χ4v) is 3.75. The number of thiazole rings is 1. The summed E-state index contributed by atoms with van der Waals surface area (Å²) in [5.74, 6) is 0. The van der Waals surface area contributed by atoms with Gasteiger partial charge < -0.3 is 9.30 Å². The summed E-state index contributed by atoms with van der Waals surface area (Å²) in [5.41, 5.74) is 4.81. The number of benzene rings is 1. The average molecular weight is 302 g/mol. The summed E-state index contributed by atoms with van der Waals surface area (Å²) in [5, 5.41) is 2.18. The number of hydrogen-bond acceptors (Lipinski definition) is 3. The van der Waals surface area contributed by atoms with Crippen LogP contribution in [0.25, 0.3) is 0 Å². The smallest absolute Gasteiger partial charge is 0.190 e. The van der Waals surface area contributed by atoms with Crippen LogP contribution >= 0.6 is 11.3 Å². The largest absolute Gasteiger partial charge is 0.376 e. The predicted octanol–water partition coefficient (Wildman–Crippen LogP) is 3.89. The fraction of sp³-hybridized carbons (Fsp3) is 0.471. The SMILES string of the molecule is Cc1cc(C)cc(N=c2scc(C)n2CC2CCCO2)c1. The highest BCUT2D eigenvalue weighted by molar-refractivity contribution is 7.07. The molecule has 1 atom stereocenters. The molecule has 3 nitrogen and oxygen atoms in total. The van der Waals surface area contributed by atoms with E-state index in [-0.39, 0.29) is 0 Å². The van der Waals surface area contributed by atoms with Crippen molar-refractivity contribution in [3.05, 3.63) is 45.2 Å². The third-order valence-electron chi connectivity index (χ3n) is 3.83. The number of hydrogen-bond donors (Lipinski definition) is 0. The molecule has 2 heterocycles. The Labute approximate surface area is 129 Å². The van der Waals surface area contributed by atoms with Crippen molar-refractivity contribution in [3.63, 3.8) is 0 Å². The number of aromatic nitrogens is 1. The Morgan fingerprint density at radius 1 is 1.24 bits per heavy atom. The predicted molar refractivity (Wildman–Crippen MR) is 87.2 cm³/mol. The molecule has 0 spiro atoms. The summed E-state index contributed by atoms with van der Waals surface area (Å²) in [6, 6.07) is 6.45. The van der Waals surface area contributed by atoms with Crippen LogP contribution in [-0.4, -0.2) is 17.3 Å². The maximum Gasteiger partial charge on any atom is 0.190 e. The lowest BCUT2D eigenvalue weighted by molar-refractivity contribution is 0.0959. The highest BCUT2D eigenvalue weighted by Gasteiger charge is 2.17. The van der Waals surface area contributed by atoms with Crippen LogP contribution in [0.1, 0.15) is 29.7 Å². The lowest BCUT2D eigenvalue weighted by atomic mass is 10.1. The van der Waals surface area contributed by atoms with Gasteiger partial charge in [-0.2, -0.15) is 0 Å². The van der Waals surface area contributed by atoms with Gasteiger partial charge in [-0.3, -0.25) is 0 Å². The van der Waals surface area contributed by atoms with Crippen molar-refractivity contribution < 1.29 is 4.74 Å².